The number of fused-ring (bicyclic) bond motifs is 1. The van der Waals surface area contributed by atoms with Gasteiger partial charge in [0.25, 0.3) is 0 Å². The number of hydrogen-bond acceptors (Lipinski definition) is 4. The molecule has 0 saturated carbocycles. The lowest BCUT2D eigenvalue weighted by Crippen LogP contribution is -2.21. The van der Waals surface area contributed by atoms with Gasteiger partial charge in [0.05, 0.1) is 5.52 Å². The molecule has 0 bridgehead atoms. The van der Waals surface area contributed by atoms with E-state index in [0.717, 1.165) is 10.4 Å². The second kappa shape index (κ2) is 3.96. The third-order valence-electron chi connectivity index (χ3n) is 2.77. The zero-order valence-corrected chi connectivity index (χ0v) is 10.4. The third kappa shape index (κ3) is 1.60. The van der Waals surface area contributed by atoms with Crippen molar-refractivity contribution in [3.63, 3.8) is 0 Å². The van der Waals surface area contributed by atoms with Gasteiger partial charge in [0.1, 0.15) is 4.70 Å². The Bertz CT molecular complexity index is 827. The van der Waals surface area contributed by atoms with Crippen molar-refractivity contribution in [3.8, 4) is 10.4 Å². The fourth-order valence-corrected chi connectivity index (χ4v) is 2.88. The molecule has 0 aliphatic rings. The van der Waals surface area contributed by atoms with Crippen molar-refractivity contribution in [2.75, 3.05) is 0 Å². The Balaban J connectivity index is 2.37. The summed E-state index contributed by atoms with van der Waals surface area (Å²) in [5.41, 5.74) is 1.06. The zero-order valence-electron chi connectivity index (χ0n) is 9.54. The Kier molecular flexibility index (Phi) is 2.41. The molecule has 5 heteroatoms. The molecule has 0 aliphatic carbocycles. The van der Waals surface area contributed by atoms with Gasteiger partial charge >= 0.3 is 11.4 Å². The SMILES string of the molecule is Cn1c(=O)oc(=O)c2sc(-c3ccccc3)cc21. The molecule has 0 unspecified atom stereocenters. The van der Waals surface area contributed by atoms with Gasteiger partial charge in [-0.3, -0.25) is 4.57 Å². The van der Waals surface area contributed by atoms with E-state index in [4.69, 9.17) is 0 Å². The Labute approximate surface area is 106 Å². The number of thiophene rings is 1. The molecular formula is C13H9NO3S. The Morgan fingerprint density at radius 1 is 1.17 bits per heavy atom. The van der Waals surface area contributed by atoms with Crippen molar-refractivity contribution in [2.45, 2.75) is 0 Å². The average molecular weight is 259 g/mol. The number of nitrogens with zero attached hydrogens (tertiary/aromatic N) is 1. The molecule has 4 nitrogen and oxygen atoms in total. The maximum atomic E-state index is 11.6. The van der Waals surface area contributed by atoms with Crippen molar-refractivity contribution in [1.82, 2.24) is 4.57 Å². The highest BCUT2D eigenvalue weighted by molar-refractivity contribution is 7.22. The Morgan fingerprint density at radius 2 is 1.89 bits per heavy atom. The first kappa shape index (κ1) is 11.0. The van der Waals surface area contributed by atoms with E-state index >= 15 is 0 Å². The summed E-state index contributed by atoms with van der Waals surface area (Å²) in [4.78, 5) is 24.0. The van der Waals surface area contributed by atoms with Crippen LogP contribution in [0.4, 0.5) is 0 Å². The number of rotatable bonds is 1. The number of aromatic nitrogens is 1. The minimum atomic E-state index is -0.634. The van der Waals surface area contributed by atoms with E-state index in [-0.39, 0.29) is 0 Å². The van der Waals surface area contributed by atoms with E-state index in [0.29, 0.717) is 10.2 Å². The summed E-state index contributed by atoms with van der Waals surface area (Å²) in [5.74, 6) is -0.634. The highest BCUT2D eigenvalue weighted by Crippen LogP contribution is 2.30. The van der Waals surface area contributed by atoms with E-state index in [9.17, 15) is 9.59 Å². The molecule has 0 aliphatic heterocycles. The van der Waals surface area contributed by atoms with E-state index in [1.165, 1.54) is 15.9 Å². The second-order valence-corrected chi connectivity index (χ2v) is 4.96. The first-order chi connectivity index (χ1) is 8.66. The first-order valence-electron chi connectivity index (χ1n) is 5.36. The fraction of sp³-hybridized carbons (Fsp3) is 0.0769. The normalized spacial score (nSPS) is 10.9. The zero-order chi connectivity index (χ0) is 12.7. The van der Waals surface area contributed by atoms with Crippen LogP contribution >= 0.6 is 11.3 Å². The molecule has 1 aromatic carbocycles. The van der Waals surface area contributed by atoms with Crippen LogP contribution in [0.2, 0.25) is 0 Å². The average Bonchev–Trinajstić information content (AvgIpc) is 2.83. The summed E-state index contributed by atoms with van der Waals surface area (Å²) in [7, 11) is 1.59. The molecule has 0 saturated heterocycles. The fourth-order valence-electron chi connectivity index (χ4n) is 1.81. The summed E-state index contributed by atoms with van der Waals surface area (Å²) < 4.78 is 6.45. The standard InChI is InChI=1S/C13H9NO3S/c1-14-9-7-10(8-5-3-2-4-6-8)18-11(9)12(15)17-13(14)16/h2-7H,1H3. The predicted octanol–water partition coefficient (Wildman–Crippen LogP) is 2.22. The summed E-state index contributed by atoms with van der Waals surface area (Å²) >= 11 is 1.33. The van der Waals surface area contributed by atoms with Crippen molar-refractivity contribution >= 4 is 21.6 Å². The van der Waals surface area contributed by atoms with Crippen molar-refractivity contribution in [2.24, 2.45) is 7.05 Å². The molecule has 0 amide bonds. The largest absolute Gasteiger partial charge is 0.422 e. The predicted molar refractivity (Wildman–Crippen MR) is 71.0 cm³/mol. The number of benzene rings is 1. The van der Waals surface area contributed by atoms with Crippen LogP contribution in [0.5, 0.6) is 0 Å². The summed E-state index contributed by atoms with van der Waals surface area (Å²) in [6.45, 7) is 0. The van der Waals surface area contributed by atoms with Crippen LogP contribution in [0.1, 0.15) is 0 Å². The first-order valence-corrected chi connectivity index (χ1v) is 6.17. The number of aryl methyl sites for hydroxylation is 1. The smallest absolute Gasteiger partial charge is 0.371 e. The molecule has 18 heavy (non-hydrogen) atoms. The van der Waals surface area contributed by atoms with Gasteiger partial charge in [-0.1, -0.05) is 30.3 Å². The van der Waals surface area contributed by atoms with Gasteiger partial charge in [0, 0.05) is 11.9 Å². The summed E-state index contributed by atoms with van der Waals surface area (Å²) in [6, 6.07) is 11.6. The van der Waals surface area contributed by atoms with Crippen molar-refractivity contribution < 1.29 is 4.42 Å². The quantitative estimate of drug-likeness (QED) is 0.673. The molecule has 3 aromatic rings. The van der Waals surface area contributed by atoms with Gasteiger partial charge in [-0.15, -0.1) is 11.3 Å². The van der Waals surface area contributed by atoms with E-state index in [1.807, 2.05) is 36.4 Å². The molecule has 3 rings (SSSR count). The summed E-state index contributed by atoms with van der Waals surface area (Å²) in [6.07, 6.45) is 0. The van der Waals surface area contributed by atoms with Crippen LogP contribution in [-0.2, 0) is 7.05 Å². The molecular weight excluding hydrogens is 250 g/mol. The van der Waals surface area contributed by atoms with Crippen molar-refractivity contribution in [1.29, 1.82) is 0 Å². The van der Waals surface area contributed by atoms with Gasteiger partial charge in [0.2, 0.25) is 0 Å². The van der Waals surface area contributed by atoms with Gasteiger partial charge in [-0.25, -0.2) is 9.59 Å². The van der Waals surface area contributed by atoms with Crippen LogP contribution < -0.4 is 11.4 Å². The molecule has 90 valence electrons. The minimum absolute atomic E-state index is 0.468. The van der Waals surface area contributed by atoms with Gasteiger partial charge in [0.15, 0.2) is 0 Å². The lowest BCUT2D eigenvalue weighted by atomic mass is 10.2. The highest BCUT2D eigenvalue weighted by Gasteiger charge is 2.12. The lowest BCUT2D eigenvalue weighted by Gasteiger charge is -1.95. The minimum Gasteiger partial charge on any atom is -0.371 e. The van der Waals surface area contributed by atoms with Gasteiger partial charge < -0.3 is 4.42 Å². The van der Waals surface area contributed by atoms with Gasteiger partial charge in [-0.2, -0.15) is 0 Å². The Hall–Kier alpha value is -2.14. The second-order valence-electron chi connectivity index (χ2n) is 3.91. The monoisotopic (exact) mass is 259 g/mol. The maximum Gasteiger partial charge on any atom is 0.422 e. The Morgan fingerprint density at radius 3 is 2.61 bits per heavy atom. The van der Waals surface area contributed by atoms with E-state index in [2.05, 4.69) is 4.42 Å². The third-order valence-corrected chi connectivity index (χ3v) is 3.92. The summed E-state index contributed by atoms with van der Waals surface area (Å²) in [5, 5.41) is 0. The molecule has 2 aromatic heterocycles. The highest BCUT2D eigenvalue weighted by atomic mass is 32.1. The lowest BCUT2D eigenvalue weighted by molar-refractivity contribution is 0.434. The number of hydrogen-bond donors (Lipinski definition) is 0. The van der Waals surface area contributed by atoms with Crippen LogP contribution in [-0.4, -0.2) is 4.57 Å². The van der Waals surface area contributed by atoms with E-state index in [1.54, 1.807) is 7.05 Å². The maximum absolute atomic E-state index is 11.6. The topological polar surface area (TPSA) is 52.2 Å². The molecule has 2 heterocycles. The molecule has 0 atom stereocenters. The van der Waals surface area contributed by atoms with Crippen LogP contribution in [0, 0.1) is 0 Å². The molecule has 0 N–H and O–H groups in total. The van der Waals surface area contributed by atoms with Crippen LogP contribution in [0.3, 0.4) is 0 Å². The van der Waals surface area contributed by atoms with Gasteiger partial charge in [-0.05, 0) is 11.6 Å². The molecule has 0 radical (unpaired) electrons. The van der Waals surface area contributed by atoms with Crippen molar-refractivity contribution in [3.05, 3.63) is 57.4 Å². The van der Waals surface area contributed by atoms with E-state index < -0.39 is 11.4 Å². The van der Waals surface area contributed by atoms with Crippen LogP contribution in [0.25, 0.3) is 20.7 Å². The van der Waals surface area contributed by atoms with Crippen LogP contribution in [0.15, 0.2) is 50.4 Å². The molecule has 0 fully saturated rings. The molecule has 0 spiro atoms.